The Kier molecular flexibility index (Phi) is 5.62. The van der Waals surface area contributed by atoms with E-state index in [1.54, 1.807) is 19.2 Å². The lowest BCUT2D eigenvalue weighted by Crippen LogP contribution is -2.20. The van der Waals surface area contributed by atoms with Gasteiger partial charge in [0.2, 0.25) is 0 Å². The lowest BCUT2D eigenvalue weighted by atomic mass is 9.93. The molecule has 0 saturated carbocycles. The van der Waals surface area contributed by atoms with Crippen LogP contribution in [0.4, 0.5) is 13.2 Å². The van der Waals surface area contributed by atoms with Gasteiger partial charge in [0.1, 0.15) is 5.75 Å². The number of halogens is 3. The summed E-state index contributed by atoms with van der Waals surface area (Å²) in [5, 5.41) is 0. The molecule has 2 unspecified atom stereocenters. The minimum Gasteiger partial charge on any atom is -0.406 e. The van der Waals surface area contributed by atoms with E-state index in [-0.39, 0.29) is 17.7 Å². The van der Waals surface area contributed by atoms with E-state index < -0.39 is 6.36 Å². The topological polar surface area (TPSA) is 44.5 Å². The van der Waals surface area contributed by atoms with E-state index in [1.165, 1.54) is 12.1 Å². The minimum absolute atomic E-state index is 0.175. The minimum atomic E-state index is -4.67. The zero-order valence-electron chi connectivity index (χ0n) is 10.9. The van der Waals surface area contributed by atoms with Crippen molar-refractivity contribution in [1.29, 1.82) is 0 Å². The van der Waals surface area contributed by atoms with Gasteiger partial charge in [0.05, 0.1) is 0 Å². The SMILES string of the molecule is COCCC(C)C(N)c1ccc(OC(F)(F)F)cc1. The molecule has 0 heterocycles. The van der Waals surface area contributed by atoms with Crippen LogP contribution in [-0.4, -0.2) is 20.1 Å². The van der Waals surface area contributed by atoms with Crippen LogP contribution >= 0.6 is 0 Å². The van der Waals surface area contributed by atoms with Gasteiger partial charge in [0.15, 0.2) is 0 Å². The summed E-state index contributed by atoms with van der Waals surface area (Å²) >= 11 is 0. The summed E-state index contributed by atoms with van der Waals surface area (Å²) < 4.78 is 44.8. The van der Waals surface area contributed by atoms with Crippen LogP contribution in [0.5, 0.6) is 5.75 Å². The number of benzene rings is 1. The number of ether oxygens (including phenoxy) is 2. The molecule has 2 N–H and O–H groups in total. The molecule has 1 aromatic rings. The van der Waals surface area contributed by atoms with Gasteiger partial charge < -0.3 is 15.2 Å². The highest BCUT2D eigenvalue weighted by atomic mass is 19.4. The smallest absolute Gasteiger partial charge is 0.406 e. The summed E-state index contributed by atoms with van der Waals surface area (Å²) in [6.45, 7) is 2.58. The Morgan fingerprint density at radius 2 is 1.79 bits per heavy atom. The van der Waals surface area contributed by atoms with Gasteiger partial charge in [-0.05, 0) is 30.0 Å². The maximum atomic E-state index is 12.0. The summed E-state index contributed by atoms with van der Waals surface area (Å²) in [5.41, 5.74) is 6.81. The highest BCUT2D eigenvalue weighted by molar-refractivity contribution is 5.29. The Morgan fingerprint density at radius 3 is 2.26 bits per heavy atom. The first-order valence-electron chi connectivity index (χ1n) is 5.93. The van der Waals surface area contributed by atoms with Crippen molar-refractivity contribution >= 4 is 0 Å². The van der Waals surface area contributed by atoms with Gasteiger partial charge in [-0.1, -0.05) is 19.1 Å². The van der Waals surface area contributed by atoms with Crippen LogP contribution in [0.1, 0.15) is 24.9 Å². The van der Waals surface area contributed by atoms with E-state index in [9.17, 15) is 13.2 Å². The maximum absolute atomic E-state index is 12.0. The third kappa shape index (κ3) is 5.48. The standard InChI is InChI=1S/C13H18F3NO2/c1-9(7-8-18-2)12(17)10-3-5-11(6-4-10)19-13(14,15)16/h3-6,9,12H,7-8,17H2,1-2H3. The zero-order valence-corrected chi connectivity index (χ0v) is 10.9. The highest BCUT2D eigenvalue weighted by Gasteiger charge is 2.31. The first-order chi connectivity index (χ1) is 8.83. The molecular weight excluding hydrogens is 259 g/mol. The van der Waals surface area contributed by atoms with E-state index >= 15 is 0 Å². The fraction of sp³-hybridized carbons (Fsp3) is 0.538. The second-order valence-corrected chi connectivity index (χ2v) is 4.40. The van der Waals surface area contributed by atoms with Crippen molar-refractivity contribution in [3.63, 3.8) is 0 Å². The van der Waals surface area contributed by atoms with Gasteiger partial charge >= 0.3 is 6.36 Å². The van der Waals surface area contributed by atoms with E-state index in [0.29, 0.717) is 6.61 Å². The predicted molar refractivity (Wildman–Crippen MR) is 65.7 cm³/mol. The maximum Gasteiger partial charge on any atom is 0.573 e. The van der Waals surface area contributed by atoms with Crippen LogP contribution < -0.4 is 10.5 Å². The van der Waals surface area contributed by atoms with E-state index in [1.807, 2.05) is 6.92 Å². The lowest BCUT2D eigenvalue weighted by Gasteiger charge is -2.20. The van der Waals surface area contributed by atoms with Gasteiger partial charge in [-0.3, -0.25) is 0 Å². The quantitative estimate of drug-likeness (QED) is 0.868. The number of hydrogen-bond acceptors (Lipinski definition) is 3. The fourth-order valence-electron chi connectivity index (χ4n) is 1.70. The molecular formula is C13H18F3NO2. The van der Waals surface area contributed by atoms with Crippen molar-refractivity contribution in [3.05, 3.63) is 29.8 Å². The number of alkyl halides is 3. The molecule has 0 saturated heterocycles. The molecule has 0 fully saturated rings. The fourth-order valence-corrected chi connectivity index (χ4v) is 1.70. The number of rotatable bonds is 6. The Morgan fingerprint density at radius 1 is 1.21 bits per heavy atom. The van der Waals surface area contributed by atoms with Crippen molar-refractivity contribution in [3.8, 4) is 5.75 Å². The van der Waals surface area contributed by atoms with E-state index in [4.69, 9.17) is 10.5 Å². The molecule has 0 aliphatic rings. The van der Waals surface area contributed by atoms with Crippen molar-refractivity contribution < 1.29 is 22.6 Å². The summed E-state index contributed by atoms with van der Waals surface area (Å²) in [5.74, 6) is -0.0673. The normalized spacial score (nSPS) is 15.1. The monoisotopic (exact) mass is 277 g/mol. The first-order valence-corrected chi connectivity index (χ1v) is 5.93. The summed E-state index contributed by atoms with van der Waals surface area (Å²) in [6, 6.07) is 5.40. The molecule has 0 amide bonds. The molecule has 6 heteroatoms. The molecule has 0 aliphatic carbocycles. The largest absolute Gasteiger partial charge is 0.573 e. The Labute approximate surface area is 110 Å². The van der Waals surface area contributed by atoms with Crippen LogP contribution in [0.2, 0.25) is 0 Å². The van der Waals surface area contributed by atoms with E-state index in [2.05, 4.69) is 4.74 Å². The third-order valence-corrected chi connectivity index (χ3v) is 2.89. The van der Waals surface area contributed by atoms with Gasteiger partial charge in [-0.2, -0.15) is 0 Å². The molecule has 3 nitrogen and oxygen atoms in total. The van der Waals surface area contributed by atoms with Crippen molar-refractivity contribution in [2.24, 2.45) is 11.7 Å². The molecule has 1 aromatic carbocycles. The number of nitrogens with two attached hydrogens (primary N) is 1. The van der Waals surface area contributed by atoms with Gasteiger partial charge in [-0.15, -0.1) is 13.2 Å². The Bertz CT molecular complexity index is 378. The van der Waals surface area contributed by atoms with Crippen LogP contribution in [0, 0.1) is 5.92 Å². The second-order valence-electron chi connectivity index (χ2n) is 4.40. The predicted octanol–water partition coefficient (Wildman–Crippen LogP) is 3.26. The molecule has 108 valence electrons. The number of methoxy groups -OCH3 is 1. The molecule has 0 spiro atoms. The van der Waals surface area contributed by atoms with Gasteiger partial charge in [-0.25, -0.2) is 0 Å². The molecule has 19 heavy (non-hydrogen) atoms. The third-order valence-electron chi connectivity index (χ3n) is 2.89. The van der Waals surface area contributed by atoms with Gasteiger partial charge in [0, 0.05) is 19.8 Å². The van der Waals surface area contributed by atoms with Crippen LogP contribution in [0.25, 0.3) is 0 Å². The van der Waals surface area contributed by atoms with Crippen molar-refractivity contribution in [2.75, 3.05) is 13.7 Å². The van der Waals surface area contributed by atoms with Crippen LogP contribution in [-0.2, 0) is 4.74 Å². The molecule has 0 bridgehead atoms. The number of hydrogen-bond donors (Lipinski definition) is 1. The first kappa shape index (κ1) is 15.8. The molecule has 1 rings (SSSR count). The zero-order chi connectivity index (χ0) is 14.5. The highest BCUT2D eigenvalue weighted by Crippen LogP contribution is 2.26. The molecule has 0 aromatic heterocycles. The average Bonchev–Trinajstić information content (AvgIpc) is 2.34. The summed E-state index contributed by atoms with van der Waals surface area (Å²) in [6.07, 6.45) is -3.88. The second kappa shape index (κ2) is 6.77. The van der Waals surface area contributed by atoms with Gasteiger partial charge in [0.25, 0.3) is 0 Å². The Balaban J connectivity index is 2.65. The average molecular weight is 277 g/mol. The van der Waals surface area contributed by atoms with Crippen LogP contribution in [0.15, 0.2) is 24.3 Å². The summed E-state index contributed by atoms with van der Waals surface area (Å²) in [7, 11) is 1.61. The molecule has 0 radical (unpaired) electrons. The van der Waals surface area contributed by atoms with Crippen molar-refractivity contribution in [2.45, 2.75) is 25.7 Å². The summed E-state index contributed by atoms with van der Waals surface area (Å²) in [4.78, 5) is 0. The molecule has 2 atom stereocenters. The Hall–Kier alpha value is -1.27. The lowest BCUT2D eigenvalue weighted by molar-refractivity contribution is -0.274. The van der Waals surface area contributed by atoms with Crippen molar-refractivity contribution in [1.82, 2.24) is 0 Å². The van der Waals surface area contributed by atoms with E-state index in [0.717, 1.165) is 12.0 Å². The van der Waals surface area contributed by atoms with Crippen LogP contribution in [0.3, 0.4) is 0 Å². The molecule has 0 aliphatic heterocycles.